The molecule has 1 unspecified atom stereocenters. The molecule has 0 aliphatic rings. The van der Waals surface area contributed by atoms with Crippen molar-refractivity contribution in [2.75, 3.05) is 19.6 Å². The molecule has 3 heteroatoms. The van der Waals surface area contributed by atoms with E-state index in [4.69, 9.17) is 0 Å². The Bertz CT molecular complexity index is 408. The van der Waals surface area contributed by atoms with Gasteiger partial charge in [-0.05, 0) is 25.6 Å². The maximum absolute atomic E-state index is 11.8. The Morgan fingerprint density at radius 1 is 1.15 bits per heavy atom. The molecule has 1 N–H and O–H groups in total. The van der Waals surface area contributed by atoms with E-state index in [2.05, 4.69) is 55.3 Å². The van der Waals surface area contributed by atoms with E-state index in [0.717, 1.165) is 13.1 Å². The highest BCUT2D eigenvalue weighted by atomic mass is 16.1. The van der Waals surface area contributed by atoms with Crippen molar-refractivity contribution >= 4 is 5.91 Å². The second-order valence-corrected chi connectivity index (χ2v) is 5.55. The largest absolute Gasteiger partial charge is 0.354 e. The molecular weight excluding hydrogens is 248 g/mol. The maximum Gasteiger partial charge on any atom is 0.222 e. The first kappa shape index (κ1) is 16.7. The molecule has 1 rings (SSSR count). The van der Waals surface area contributed by atoms with Crippen LogP contribution in [0, 0.1) is 12.8 Å². The molecule has 0 aromatic heterocycles. The van der Waals surface area contributed by atoms with Crippen LogP contribution in [0.2, 0.25) is 0 Å². The molecule has 0 bridgehead atoms. The normalized spacial score (nSPS) is 12.8. The number of aryl methyl sites for hydroxylation is 1. The molecule has 0 fully saturated rings. The van der Waals surface area contributed by atoms with Gasteiger partial charge in [0.25, 0.3) is 0 Å². The summed E-state index contributed by atoms with van der Waals surface area (Å²) in [6, 6.07) is 8.85. The molecule has 1 atom stereocenters. The van der Waals surface area contributed by atoms with Crippen LogP contribution in [0.1, 0.15) is 44.9 Å². The molecule has 0 heterocycles. The van der Waals surface area contributed by atoms with Crippen LogP contribution in [0.4, 0.5) is 0 Å². The van der Waals surface area contributed by atoms with Crippen molar-refractivity contribution in [2.45, 2.75) is 40.7 Å². The predicted molar refractivity (Wildman–Crippen MR) is 84.7 cm³/mol. The zero-order chi connectivity index (χ0) is 15.1. The van der Waals surface area contributed by atoms with Crippen LogP contribution in [0.3, 0.4) is 0 Å². The van der Waals surface area contributed by atoms with Gasteiger partial charge < -0.3 is 5.32 Å². The number of benzene rings is 1. The van der Waals surface area contributed by atoms with Crippen molar-refractivity contribution in [1.82, 2.24) is 10.2 Å². The number of carbonyl (C=O) groups is 1. The summed E-state index contributed by atoms with van der Waals surface area (Å²) in [5.74, 6) is 0.152. The van der Waals surface area contributed by atoms with E-state index in [0.29, 0.717) is 6.54 Å². The highest BCUT2D eigenvalue weighted by Gasteiger charge is 2.19. The average molecular weight is 276 g/mol. The summed E-state index contributed by atoms with van der Waals surface area (Å²) >= 11 is 0. The molecular formula is C17H28N2O. The predicted octanol–water partition coefficient (Wildman–Crippen LogP) is 3.15. The van der Waals surface area contributed by atoms with Crippen molar-refractivity contribution in [2.24, 2.45) is 5.92 Å². The van der Waals surface area contributed by atoms with Gasteiger partial charge in [0.15, 0.2) is 0 Å². The van der Waals surface area contributed by atoms with Gasteiger partial charge in [-0.2, -0.15) is 0 Å². The molecule has 3 nitrogen and oxygen atoms in total. The smallest absolute Gasteiger partial charge is 0.222 e. The fourth-order valence-corrected chi connectivity index (χ4v) is 2.31. The minimum atomic E-state index is 0.0328. The number of amides is 1. The summed E-state index contributed by atoms with van der Waals surface area (Å²) in [5, 5.41) is 3.06. The summed E-state index contributed by atoms with van der Waals surface area (Å²) in [4.78, 5) is 14.2. The highest BCUT2D eigenvalue weighted by Crippen LogP contribution is 2.20. The molecule has 1 amide bonds. The quantitative estimate of drug-likeness (QED) is 0.829. The van der Waals surface area contributed by atoms with Crippen LogP contribution < -0.4 is 5.32 Å². The second kappa shape index (κ2) is 8.05. The first-order valence-electron chi connectivity index (χ1n) is 7.57. The molecule has 0 saturated heterocycles. The third-order valence-electron chi connectivity index (χ3n) is 3.71. The van der Waals surface area contributed by atoms with Gasteiger partial charge >= 0.3 is 0 Å². The van der Waals surface area contributed by atoms with E-state index in [1.165, 1.54) is 11.1 Å². The summed E-state index contributed by atoms with van der Waals surface area (Å²) in [5.41, 5.74) is 2.53. The number of hydrogen-bond donors (Lipinski definition) is 1. The summed E-state index contributed by atoms with van der Waals surface area (Å²) < 4.78 is 0. The molecule has 112 valence electrons. The van der Waals surface area contributed by atoms with Gasteiger partial charge in [0.1, 0.15) is 0 Å². The first-order valence-corrected chi connectivity index (χ1v) is 7.57. The van der Waals surface area contributed by atoms with Crippen LogP contribution >= 0.6 is 0 Å². The fourth-order valence-electron chi connectivity index (χ4n) is 2.31. The fraction of sp³-hybridized carbons (Fsp3) is 0.588. The van der Waals surface area contributed by atoms with Gasteiger partial charge in [0.2, 0.25) is 5.91 Å². The molecule has 20 heavy (non-hydrogen) atoms. The lowest BCUT2D eigenvalue weighted by molar-refractivity contribution is -0.124. The Hall–Kier alpha value is -1.35. The number of nitrogens with zero attached hydrogens (tertiary/aromatic N) is 1. The molecule has 0 aliphatic heterocycles. The summed E-state index contributed by atoms with van der Waals surface area (Å²) in [6.45, 7) is 12.9. The number of carbonyl (C=O) groups excluding carboxylic acids is 1. The Morgan fingerprint density at radius 3 is 2.15 bits per heavy atom. The zero-order valence-electron chi connectivity index (χ0n) is 13.4. The maximum atomic E-state index is 11.8. The van der Waals surface area contributed by atoms with Gasteiger partial charge in [-0.15, -0.1) is 0 Å². The minimum absolute atomic E-state index is 0.0328. The summed E-state index contributed by atoms with van der Waals surface area (Å²) in [6.07, 6.45) is 0. The number of rotatable bonds is 7. The second-order valence-electron chi connectivity index (χ2n) is 5.55. The van der Waals surface area contributed by atoms with Gasteiger partial charge in [-0.3, -0.25) is 9.69 Å². The van der Waals surface area contributed by atoms with E-state index in [1.807, 2.05) is 13.8 Å². The van der Waals surface area contributed by atoms with Crippen molar-refractivity contribution in [1.29, 1.82) is 0 Å². The van der Waals surface area contributed by atoms with Crippen LogP contribution in [-0.4, -0.2) is 30.4 Å². The number of likely N-dealkylation sites (N-methyl/N-ethyl adjacent to an activating group) is 1. The van der Waals surface area contributed by atoms with E-state index in [1.54, 1.807) is 0 Å². The van der Waals surface area contributed by atoms with Crippen LogP contribution in [0.25, 0.3) is 0 Å². The number of nitrogens with one attached hydrogen (secondary N) is 1. The zero-order valence-corrected chi connectivity index (χ0v) is 13.4. The highest BCUT2D eigenvalue weighted by molar-refractivity contribution is 5.77. The molecule has 0 saturated carbocycles. The van der Waals surface area contributed by atoms with Crippen molar-refractivity contribution in [3.8, 4) is 0 Å². The SMILES string of the molecule is CCN(CC)C(CNC(=O)C(C)C)c1ccc(C)cc1. The molecule has 1 aromatic carbocycles. The van der Waals surface area contributed by atoms with Gasteiger partial charge in [0.05, 0.1) is 6.04 Å². The van der Waals surface area contributed by atoms with E-state index in [-0.39, 0.29) is 17.9 Å². The van der Waals surface area contributed by atoms with Crippen LogP contribution in [0.5, 0.6) is 0 Å². The molecule has 0 spiro atoms. The van der Waals surface area contributed by atoms with Crippen molar-refractivity contribution < 1.29 is 4.79 Å². The van der Waals surface area contributed by atoms with Crippen LogP contribution in [-0.2, 0) is 4.79 Å². The lowest BCUT2D eigenvalue weighted by atomic mass is 10.0. The minimum Gasteiger partial charge on any atom is -0.354 e. The first-order chi connectivity index (χ1) is 9.49. The Morgan fingerprint density at radius 2 is 1.70 bits per heavy atom. The third-order valence-corrected chi connectivity index (χ3v) is 3.71. The average Bonchev–Trinajstić information content (AvgIpc) is 2.44. The van der Waals surface area contributed by atoms with Crippen molar-refractivity contribution in [3.05, 3.63) is 35.4 Å². The van der Waals surface area contributed by atoms with Crippen LogP contribution in [0.15, 0.2) is 24.3 Å². The molecule has 1 aromatic rings. The standard InChI is InChI=1S/C17H28N2O/c1-6-19(7-2)16(12-18-17(20)13(3)4)15-10-8-14(5)9-11-15/h8-11,13,16H,6-7,12H2,1-5H3,(H,18,20). The third kappa shape index (κ3) is 4.64. The Labute approximate surface area is 123 Å². The van der Waals surface area contributed by atoms with E-state index < -0.39 is 0 Å². The lowest BCUT2D eigenvalue weighted by Crippen LogP contribution is -2.39. The van der Waals surface area contributed by atoms with Gasteiger partial charge in [-0.25, -0.2) is 0 Å². The monoisotopic (exact) mass is 276 g/mol. The van der Waals surface area contributed by atoms with E-state index in [9.17, 15) is 4.79 Å². The van der Waals surface area contributed by atoms with Gasteiger partial charge in [-0.1, -0.05) is 57.5 Å². The summed E-state index contributed by atoms with van der Waals surface area (Å²) in [7, 11) is 0. The molecule has 0 radical (unpaired) electrons. The lowest BCUT2D eigenvalue weighted by Gasteiger charge is -2.30. The Kier molecular flexibility index (Phi) is 6.73. The van der Waals surface area contributed by atoms with Gasteiger partial charge in [0, 0.05) is 12.5 Å². The van der Waals surface area contributed by atoms with Crippen molar-refractivity contribution in [3.63, 3.8) is 0 Å². The van der Waals surface area contributed by atoms with E-state index >= 15 is 0 Å². The Balaban J connectivity index is 2.85. The number of hydrogen-bond acceptors (Lipinski definition) is 2. The topological polar surface area (TPSA) is 32.3 Å². The molecule has 0 aliphatic carbocycles.